The molecule has 1 aliphatic rings. The van der Waals surface area contributed by atoms with E-state index in [-0.39, 0.29) is 17.7 Å². The normalized spacial score (nSPS) is 15.4. The third-order valence-corrected chi connectivity index (χ3v) is 6.18. The van der Waals surface area contributed by atoms with Gasteiger partial charge < -0.3 is 9.47 Å². The summed E-state index contributed by atoms with van der Waals surface area (Å²) in [6.07, 6.45) is 1.70. The zero-order valence-electron chi connectivity index (χ0n) is 15.2. The van der Waals surface area contributed by atoms with E-state index in [4.69, 9.17) is 9.47 Å². The van der Waals surface area contributed by atoms with Crippen molar-refractivity contribution in [3.63, 3.8) is 0 Å². The van der Waals surface area contributed by atoms with E-state index >= 15 is 0 Å². The van der Waals surface area contributed by atoms with Crippen molar-refractivity contribution in [3.8, 4) is 11.5 Å². The molecule has 0 unspecified atom stereocenters. The minimum Gasteiger partial charge on any atom is -0.492 e. The first-order chi connectivity index (χ1) is 13.4. The number of rotatable bonds is 6. The molecule has 146 valence electrons. The van der Waals surface area contributed by atoms with Crippen molar-refractivity contribution >= 4 is 67.5 Å². The molecule has 0 spiro atoms. The highest BCUT2D eigenvalue weighted by Crippen LogP contribution is 2.39. The number of benzene rings is 2. The van der Waals surface area contributed by atoms with Crippen molar-refractivity contribution in [2.24, 2.45) is 0 Å². The lowest BCUT2D eigenvalue weighted by molar-refractivity contribution is -0.123. The maximum atomic E-state index is 12.8. The van der Waals surface area contributed by atoms with Crippen LogP contribution >= 0.6 is 50.3 Å². The van der Waals surface area contributed by atoms with Crippen LogP contribution < -0.4 is 9.47 Å². The summed E-state index contributed by atoms with van der Waals surface area (Å²) >= 11 is 6.62. The van der Waals surface area contributed by atoms with Crippen molar-refractivity contribution in [2.45, 2.75) is 13.5 Å². The molecule has 1 fully saturated rings. The van der Waals surface area contributed by atoms with Crippen LogP contribution in [0.3, 0.4) is 0 Å². The van der Waals surface area contributed by atoms with E-state index in [1.807, 2.05) is 37.3 Å². The van der Waals surface area contributed by atoms with E-state index in [1.54, 1.807) is 19.3 Å². The van der Waals surface area contributed by atoms with Crippen LogP contribution in [0.1, 0.15) is 18.1 Å². The van der Waals surface area contributed by atoms with Gasteiger partial charge in [-0.05, 0) is 98.7 Å². The van der Waals surface area contributed by atoms with E-state index < -0.39 is 0 Å². The van der Waals surface area contributed by atoms with Crippen LogP contribution in [0, 0.1) is 3.57 Å². The first-order valence-electron chi connectivity index (χ1n) is 8.43. The highest BCUT2D eigenvalue weighted by molar-refractivity contribution is 14.1. The Morgan fingerprint density at radius 2 is 1.93 bits per heavy atom. The summed E-state index contributed by atoms with van der Waals surface area (Å²) in [6, 6.07) is 11.4. The van der Waals surface area contributed by atoms with Gasteiger partial charge in [0.05, 0.1) is 29.6 Å². The van der Waals surface area contributed by atoms with E-state index in [0.717, 1.165) is 26.5 Å². The zero-order chi connectivity index (χ0) is 20.3. The smallest absolute Gasteiger partial charge is 0.293 e. The number of imide groups is 1. The van der Waals surface area contributed by atoms with E-state index in [0.29, 0.717) is 27.5 Å². The number of ether oxygens (including phenoxy) is 2. The molecule has 2 aromatic carbocycles. The Balaban J connectivity index is 1.86. The summed E-state index contributed by atoms with van der Waals surface area (Å²) in [4.78, 5) is 26.8. The van der Waals surface area contributed by atoms with Crippen molar-refractivity contribution in [1.82, 2.24) is 4.90 Å². The maximum Gasteiger partial charge on any atom is 0.293 e. The van der Waals surface area contributed by atoms with E-state index in [9.17, 15) is 9.59 Å². The molecule has 2 aromatic rings. The lowest BCUT2D eigenvalue weighted by Gasteiger charge is -2.13. The van der Waals surface area contributed by atoms with Crippen molar-refractivity contribution in [3.05, 3.63) is 60.5 Å². The topological polar surface area (TPSA) is 55.8 Å². The lowest BCUT2D eigenvalue weighted by atomic mass is 10.1. The molecule has 0 bridgehead atoms. The van der Waals surface area contributed by atoms with Crippen LogP contribution in [-0.2, 0) is 11.3 Å². The van der Waals surface area contributed by atoms with Gasteiger partial charge in [-0.15, -0.1) is 0 Å². The summed E-state index contributed by atoms with van der Waals surface area (Å²) in [7, 11) is 1.57. The second-order valence-corrected chi connectivity index (χ2v) is 8.95. The number of hydrogen-bond donors (Lipinski definition) is 0. The number of hydrogen-bond acceptors (Lipinski definition) is 5. The third kappa shape index (κ3) is 4.72. The van der Waals surface area contributed by atoms with Gasteiger partial charge in [-0.2, -0.15) is 0 Å². The quantitative estimate of drug-likeness (QED) is 0.328. The Labute approximate surface area is 189 Å². The Kier molecular flexibility index (Phi) is 7.05. The predicted molar refractivity (Wildman–Crippen MR) is 123 cm³/mol. The molecule has 2 amide bonds. The summed E-state index contributed by atoms with van der Waals surface area (Å²) in [5.41, 5.74) is 1.66. The SMILES string of the molecule is CCOc1cc(/C=C2\SC(=O)N(Cc3ccc(I)cc3)C2=O)cc(Br)c1OC. The van der Waals surface area contributed by atoms with E-state index in [2.05, 4.69) is 38.5 Å². The maximum absolute atomic E-state index is 12.8. The zero-order valence-corrected chi connectivity index (χ0v) is 19.8. The molecule has 3 rings (SSSR count). The van der Waals surface area contributed by atoms with Crippen molar-refractivity contribution < 1.29 is 19.1 Å². The molecule has 1 aliphatic heterocycles. The predicted octanol–water partition coefficient (Wildman–Crippen LogP) is 5.70. The van der Waals surface area contributed by atoms with Crippen LogP contribution in [0.4, 0.5) is 4.79 Å². The fourth-order valence-electron chi connectivity index (χ4n) is 2.69. The van der Waals surface area contributed by atoms with Gasteiger partial charge in [-0.25, -0.2) is 0 Å². The molecule has 5 nitrogen and oxygen atoms in total. The highest BCUT2D eigenvalue weighted by atomic mass is 127. The van der Waals surface area contributed by atoms with Gasteiger partial charge in [0.15, 0.2) is 11.5 Å². The van der Waals surface area contributed by atoms with Crippen LogP contribution in [-0.4, -0.2) is 29.8 Å². The molecule has 28 heavy (non-hydrogen) atoms. The highest BCUT2D eigenvalue weighted by Gasteiger charge is 2.35. The molecule has 0 N–H and O–H groups in total. The number of thioether (sulfide) groups is 1. The molecule has 0 radical (unpaired) electrons. The number of amides is 2. The molecule has 1 heterocycles. The summed E-state index contributed by atoms with van der Waals surface area (Å²) in [6.45, 7) is 2.63. The fourth-order valence-corrected chi connectivity index (χ4v) is 4.51. The Bertz CT molecular complexity index is 946. The number of carbonyl (C=O) groups excluding carboxylic acids is 2. The Hall–Kier alpha value is -1.52. The molecule has 8 heteroatoms. The fraction of sp³-hybridized carbons (Fsp3) is 0.200. The summed E-state index contributed by atoms with van der Waals surface area (Å²) in [5, 5.41) is -0.271. The second kappa shape index (κ2) is 9.32. The monoisotopic (exact) mass is 573 g/mol. The summed E-state index contributed by atoms with van der Waals surface area (Å²) < 4.78 is 12.8. The van der Waals surface area contributed by atoms with Crippen molar-refractivity contribution in [1.29, 1.82) is 0 Å². The van der Waals surface area contributed by atoms with Gasteiger partial charge in [-0.1, -0.05) is 12.1 Å². The minimum absolute atomic E-state index is 0.259. The number of methoxy groups -OCH3 is 1. The van der Waals surface area contributed by atoms with Gasteiger partial charge in [0.2, 0.25) is 0 Å². The number of halogens is 2. The number of carbonyl (C=O) groups is 2. The number of nitrogens with zero attached hydrogens (tertiary/aromatic N) is 1. The van der Waals surface area contributed by atoms with Crippen LogP contribution in [0.25, 0.3) is 6.08 Å². The molecule has 0 saturated carbocycles. The van der Waals surface area contributed by atoms with Crippen LogP contribution in [0.2, 0.25) is 0 Å². The lowest BCUT2D eigenvalue weighted by Crippen LogP contribution is -2.27. The first kappa shape index (κ1) is 21.2. The minimum atomic E-state index is -0.293. The molecular formula is C20H17BrINO4S. The van der Waals surface area contributed by atoms with Gasteiger partial charge in [0, 0.05) is 3.57 Å². The molecule has 0 atom stereocenters. The standard InChI is InChI=1S/C20H17BrINO4S/c1-3-27-16-9-13(8-15(21)18(16)26-2)10-17-19(24)23(20(25)28-17)11-12-4-6-14(22)7-5-12/h4-10H,3,11H2,1-2H3/b17-10-. The Morgan fingerprint density at radius 1 is 1.21 bits per heavy atom. The van der Waals surface area contributed by atoms with E-state index in [1.165, 1.54) is 4.90 Å². The average molecular weight is 574 g/mol. The second-order valence-electron chi connectivity index (χ2n) is 5.86. The first-order valence-corrected chi connectivity index (χ1v) is 11.1. The third-order valence-electron chi connectivity index (χ3n) is 3.96. The Morgan fingerprint density at radius 3 is 2.57 bits per heavy atom. The van der Waals surface area contributed by atoms with Gasteiger partial charge in [0.25, 0.3) is 11.1 Å². The molecule has 1 saturated heterocycles. The van der Waals surface area contributed by atoms with Gasteiger partial charge in [-0.3, -0.25) is 14.5 Å². The van der Waals surface area contributed by atoms with Crippen LogP contribution in [0.15, 0.2) is 45.8 Å². The van der Waals surface area contributed by atoms with Crippen molar-refractivity contribution in [2.75, 3.05) is 13.7 Å². The largest absolute Gasteiger partial charge is 0.492 e. The summed E-state index contributed by atoms with van der Waals surface area (Å²) in [5.74, 6) is 0.869. The average Bonchev–Trinajstić information content (AvgIpc) is 2.91. The van der Waals surface area contributed by atoms with Gasteiger partial charge in [0.1, 0.15) is 0 Å². The molecule has 0 aliphatic carbocycles. The van der Waals surface area contributed by atoms with Crippen LogP contribution in [0.5, 0.6) is 11.5 Å². The molecular weight excluding hydrogens is 557 g/mol. The van der Waals surface area contributed by atoms with Gasteiger partial charge >= 0.3 is 0 Å². The molecule has 0 aromatic heterocycles.